The van der Waals surface area contributed by atoms with Gasteiger partial charge in [0.2, 0.25) is 3.79 Å². The van der Waals surface area contributed by atoms with Crippen LogP contribution in [-0.2, 0) is 0 Å². The van der Waals surface area contributed by atoms with Crippen molar-refractivity contribution >= 4 is 81.3 Å². The predicted molar refractivity (Wildman–Crippen MR) is 91.4 cm³/mol. The molecule has 2 amide bonds. The van der Waals surface area contributed by atoms with Gasteiger partial charge in [-0.25, -0.2) is 4.79 Å². The van der Waals surface area contributed by atoms with Gasteiger partial charge < -0.3 is 15.5 Å². The molecule has 0 fully saturated rings. The number of benzene rings is 1. The number of hydrogen-bond donors (Lipinski definition) is 2. The summed E-state index contributed by atoms with van der Waals surface area (Å²) in [5.41, 5.74) is 0.290. The Morgan fingerprint density at radius 1 is 1.14 bits per heavy atom. The zero-order valence-electron chi connectivity index (χ0n) is 10.9. The smallest absolute Gasteiger partial charge is 0.318 e. The van der Waals surface area contributed by atoms with E-state index >= 15 is 0 Å². The zero-order valence-corrected chi connectivity index (χ0v) is 15.4. The molecule has 0 aliphatic heterocycles. The number of halogens is 6. The average molecular weight is 414 g/mol. The van der Waals surface area contributed by atoms with E-state index in [1.165, 1.54) is 17.0 Å². The van der Waals surface area contributed by atoms with E-state index in [1.807, 2.05) is 0 Å². The number of anilines is 1. The molecule has 0 saturated heterocycles. The van der Waals surface area contributed by atoms with Crippen molar-refractivity contribution in [2.24, 2.45) is 0 Å². The van der Waals surface area contributed by atoms with Crippen LogP contribution in [0.2, 0.25) is 15.1 Å². The number of urea groups is 1. The quantitative estimate of drug-likeness (QED) is 0.539. The van der Waals surface area contributed by atoms with Crippen LogP contribution in [0.25, 0.3) is 0 Å². The molecule has 0 unspecified atom stereocenters. The first-order chi connectivity index (χ1) is 9.52. The van der Waals surface area contributed by atoms with E-state index in [0.29, 0.717) is 5.02 Å². The van der Waals surface area contributed by atoms with E-state index in [2.05, 4.69) is 10.6 Å². The summed E-state index contributed by atoms with van der Waals surface area (Å²) in [6.45, 7) is 0. The van der Waals surface area contributed by atoms with Crippen LogP contribution in [0.4, 0.5) is 10.5 Å². The topological polar surface area (TPSA) is 44.4 Å². The molecule has 4 nitrogen and oxygen atoms in total. The average Bonchev–Trinajstić information content (AvgIpc) is 2.30. The molecule has 1 atom stereocenters. The molecule has 0 saturated carbocycles. The van der Waals surface area contributed by atoms with E-state index < -0.39 is 16.0 Å². The van der Waals surface area contributed by atoms with Gasteiger partial charge in [0, 0.05) is 19.1 Å². The van der Waals surface area contributed by atoms with Crippen LogP contribution >= 0.6 is 69.6 Å². The fourth-order valence-corrected chi connectivity index (χ4v) is 2.53. The molecule has 1 aromatic carbocycles. The van der Waals surface area contributed by atoms with Gasteiger partial charge in [0.25, 0.3) is 0 Å². The molecule has 0 aromatic heterocycles. The molecule has 10 heteroatoms. The normalized spacial score (nSPS) is 12.8. The largest absolute Gasteiger partial charge is 0.359 e. The minimum Gasteiger partial charge on any atom is -0.359 e. The molecule has 2 N–H and O–H groups in total. The Kier molecular flexibility index (Phi) is 6.84. The lowest BCUT2D eigenvalue weighted by Gasteiger charge is -2.29. The monoisotopic (exact) mass is 411 g/mol. The Balaban J connectivity index is 3.06. The van der Waals surface area contributed by atoms with Crippen molar-refractivity contribution < 1.29 is 4.79 Å². The highest BCUT2D eigenvalue weighted by Gasteiger charge is 2.35. The number of nitrogens with one attached hydrogen (secondary N) is 2. The van der Waals surface area contributed by atoms with Crippen molar-refractivity contribution in [3.8, 4) is 0 Å². The van der Waals surface area contributed by atoms with E-state index in [0.717, 1.165) is 0 Å². The number of carbonyl (C=O) groups excluding carboxylic acids is 1. The van der Waals surface area contributed by atoms with E-state index in [4.69, 9.17) is 69.6 Å². The van der Waals surface area contributed by atoms with Gasteiger partial charge in [-0.15, -0.1) is 0 Å². The molecule has 0 heterocycles. The second kappa shape index (κ2) is 7.53. The van der Waals surface area contributed by atoms with Gasteiger partial charge in [-0.3, -0.25) is 0 Å². The summed E-state index contributed by atoms with van der Waals surface area (Å²) in [4.78, 5) is 13.0. The minimum atomic E-state index is -1.84. The summed E-state index contributed by atoms with van der Waals surface area (Å²) in [6.07, 6.45) is -1.06. The maximum Gasteiger partial charge on any atom is 0.318 e. The van der Waals surface area contributed by atoms with Crippen LogP contribution in [0.3, 0.4) is 0 Å². The number of hydrogen-bond acceptors (Lipinski definition) is 2. The molecule has 0 radical (unpaired) electrons. The SMILES string of the molecule is CN(C)C(=O)N[C@@H](Nc1c(Cl)cc(Cl)cc1Cl)C(Cl)(Cl)Cl. The molecule has 0 aliphatic rings. The van der Waals surface area contributed by atoms with E-state index in [-0.39, 0.29) is 15.7 Å². The molecule has 0 bridgehead atoms. The lowest BCUT2D eigenvalue weighted by molar-refractivity contribution is 0.214. The minimum absolute atomic E-state index is 0.228. The summed E-state index contributed by atoms with van der Waals surface area (Å²) in [5, 5.41) is 6.11. The Morgan fingerprint density at radius 2 is 1.62 bits per heavy atom. The third-order valence-corrected chi connectivity index (χ3v) is 3.77. The lowest BCUT2D eigenvalue weighted by Crippen LogP contribution is -2.52. The standard InChI is InChI=1S/C11H11Cl6N3O/c1-20(2)10(21)19-9(11(15,16)17)18-8-6(13)3-5(12)4-7(8)14/h3-4,9,18H,1-2H3,(H,19,21)/t9-/m1/s1. The maximum absolute atomic E-state index is 11.7. The first-order valence-electron chi connectivity index (χ1n) is 5.48. The third kappa shape index (κ3) is 5.62. The summed E-state index contributed by atoms with van der Waals surface area (Å²) in [7, 11) is 3.10. The molecule has 118 valence electrons. The molecular weight excluding hydrogens is 403 g/mol. The van der Waals surface area contributed by atoms with Crippen LogP contribution in [-0.4, -0.2) is 35.0 Å². The van der Waals surface area contributed by atoms with Crippen LogP contribution in [0.5, 0.6) is 0 Å². The van der Waals surface area contributed by atoms with Gasteiger partial charge in [0.1, 0.15) is 6.17 Å². The number of nitrogens with zero attached hydrogens (tertiary/aromatic N) is 1. The van der Waals surface area contributed by atoms with Crippen LogP contribution < -0.4 is 10.6 Å². The van der Waals surface area contributed by atoms with Gasteiger partial charge >= 0.3 is 6.03 Å². The highest BCUT2D eigenvalue weighted by molar-refractivity contribution is 6.68. The molecular formula is C11H11Cl6N3O. The lowest BCUT2D eigenvalue weighted by atomic mass is 10.3. The fraction of sp³-hybridized carbons (Fsp3) is 0.364. The van der Waals surface area contributed by atoms with Crippen molar-refractivity contribution in [2.75, 3.05) is 19.4 Å². The summed E-state index contributed by atoms with van der Waals surface area (Å²) >= 11 is 35.5. The number of amides is 2. The van der Waals surface area contributed by atoms with Crippen molar-refractivity contribution in [1.29, 1.82) is 0 Å². The van der Waals surface area contributed by atoms with Gasteiger partial charge in [0.05, 0.1) is 15.7 Å². The molecule has 0 aliphatic carbocycles. The Labute approximate surface area is 152 Å². The Morgan fingerprint density at radius 3 is 2.00 bits per heavy atom. The van der Waals surface area contributed by atoms with Gasteiger partial charge in [0.15, 0.2) is 0 Å². The summed E-state index contributed by atoms with van der Waals surface area (Å²) < 4.78 is -1.84. The van der Waals surface area contributed by atoms with Crippen LogP contribution in [0.1, 0.15) is 0 Å². The number of alkyl halides is 3. The zero-order chi connectivity index (χ0) is 16.4. The number of rotatable bonds is 3. The first-order valence-corrected chi connectivity index (χ1v) is 7.74. The predicted octanol–water partition coefficient (Wildman–Crippen LogP) is 5.03. The molecule has 1 rings (SSSR count). The fourth-order valence-electron chi connectivity index (χ4n) is 1.28. The second-order valence-electron chi connectivity index (χ2n) is 4.21. The number of carbonyl (C=O) groups is 1. The van der Waals surface area contributed by atoms with Crippen molar-refractivity contribution in [1.82, 2.24) is 10.2 Å². The van der Waals surface area contributed by atoms with Crippen LogP contribution in [0.15, 0.2) is 12.1 Å². The molecule has 21 heavy (non-hydrogen) atoms. The maximum atomic E-state index is 11.7. The van der Waals surface area contributed by atoms with Gasteiger partial charge in [-0.05, 0) is 12.1 Å². The second-order valence-corrected chi connectivity index (χ2v) is 7.83. The summed E-state index contributed by atoms with van der Waals surface area (Å²) in [6, 6.07) is 2.49. The van der Waals surface area contributed by atoms with E-state index in [9.17, 15) is 4.79 Å². The van der Waals surface area contributed by atoms with Crippen molar-refractivity contribution in [3.05, 3.63) is 27.2 Å². The third-order valence-electron chi connectivity index (χ3n) is 2.30. The molecule has 0 spiro atoms. The molecule has 1 aromatic rings. The van der Waals surface area contributed by atoms with Crippen LogP contribution in [0, 0.1) is 0 Å². The highest BCUT2D eigenvalue weighted by Crippen LogP contribution is 2.37. The van der Waals surface area contributed by atoms with Gasteiger partial charge in [-0.1, -0.05) is 69.6 Å². The Hall–Kier alpha value is 0.0300. The van der Waals surface area contributed by atoms with Crippen molar-refractivity contribution in [3.63, 3.8) is 0 Å². The summed E-state index contributed by atoms with van der Waals surface area (Å²) in [5.74, 6) is 0. The van der Waals surface area contributed by atoms with Gasteiger partial charge in [-0.2, -0.15) is 0 Å². The first kappa shape index (κ1) is 19.1. The highest BCUT2D eigenvalue weighted by atomic mass is 35.6. The van der Waals surface area contributed by atoms with Crippen molar-refractivity contribution in [2.45, 2.75) is 9.96 Å². The Bertz CT molecular complexity index is 508. The van der Waals surface area contributed by atoms with E-state index in [1.54, 1.807) is 14.1 Å².